The number of amides is 1. The summed E-state index contributed by atoms with van der Waals surface area (Å²) in [6.45, 7) is 5.13. The Bertz CT molecular complexity index is 1110. The molecule has 1 atom stereocenters. The number of piperazine rings is 1. The molecular formula is C26H28Cl2FN3O2. The summed E-state index contributed by atoms with van der Waals surface area (Å²) in [7, 11) is 0. The number of rotatable bonds is 5. The van der Waals surface area contributed by atoms with E-state index in [9.17, 15) is 14.3 Å². The molecule has 1 aliphatic rings. The maximum absolute atomic E-state index is 13.7. The van der Waals surface area contributed by atoms with Crippen molar-refractivity contribution in [2.45, 2.75) is 13.0 Å². The van der Waals surface area contributed by atoms with E-state index in [0.717, 1.165) is 36.9 Å². The fraction of sp³-hybridized carbons (Fsp3) is 0.269. The molecule has 1 fully saturated rings. The smallest absolute Gasteiger partial charge is 0.248 e. The van der Waals surface area contributed by atoms with E-state index >= 15 is 0 Å². The largest absolute Gasteiger partial charge is 0.387 e. The Balaban J connectivity index is 0.000000396. The topological polar surface area (TPSA) is 69.8 Å². The summed E-state index contributed by atoms with van der Waals surface area (Å²) in [5, 5.41) is 11.7. The van der Waals surface area contributed by atoms with Gasteiger partial charge < -0.3 is 15.7 Å². The van der Waals surface area contributed by atoms with E-state index in [1.54, 1.807) is 31.2 Å². The van der Waals surface area contributed by atoms with Crippen molar-refractivity contribution in [3.8, 4) is 0 Å². The molecule has 1 amide bonds. The van der Waals surface area contributed by atoms with Crippen LogP contribution in [0.4, 0.5) is 10.1 Å². The first-order valence-corrected chi connectivity index (χ1v) is 11.7. The van der Waals surface area contributed by atoms with Gasteiger partial charge in [-0.15, -0.1) is 0 Å². The molecule has 0 spiro atoms. The van der Waals surface area contributed by atoms with Crippen LogP contribution in [0.1, 0.15) is 27.6 Å². The Hall–Kier alpha value is -2.64. The fourth-order valence-electron chi connectivity index (χ4n) is 3.67. The van der Waals surface area contributed by atoms with Crippen molar-refractivity contribution in [1.82, 2.24) is 4.90 Å². The zero-order valence-corrected chi connectivity index (χ0v) is 20.4. The van der Waals surface area contributed by atoms with Crippen molar-refractivity contribution in [3.05, 3.63) is 99.3 Å². The maximum atomic E-state index is 13.7. The molecule has 1 saturated heterocycles. The Morgan fingerprint density at radius 2 is 1.71 bits per heavy atom. The van der Waals surface area contributed by atoms with Crippen molar-refractivity contribution in [3.63, 3.8) is 0 Å². The number of hydrogen-bond acceptors (Lipinski definition) is 4. The minimum absolute atomic E-state index is 0.301. The highest BCUT2D eigenvalue weighted by molar-refractivity contribution is 6.33. The number of carbonyl (C=O) groups is 1. The summed E-state index contributed by atoms with van der Waals surface area (Å²) >= 11 is 11.8. The highest BCUT2D eigenvalue weighted by Crippen LogP contribution is 2.28. The lowest BCUT2D eigenvalue weighted by Gasteiger charge is -2.37. The van der Waals surface area contributed by atoms with Gasteiger partial charge in [0.25, 0.3) is 0 Å². The molecule has 1 heterocycles. The first kappa shape index (κ1) is 26.0. The van der Waals surface area contributed by atoms with Gasteiger partial charge in [-0.1, -0.05) is 53.5 Å². The van der Waals surface area contributed by atoms with E-state index < -0.39 is 12.0 Å². The van der Waals surface area contributed by atoms with Gasteiger partial charge in [0.15, 0.2) is 0 Å². The zero-order chi connectivity index (χ0) is 24.7. The third-order valence-electron chi connectivity index (χ3n) is 5.69. The number of primary amides is 1. The molecule has 0 aromatic heterocycles. The second kappa shape index (κ2) is 12.2. The van der Waals surface area contributed by atoms with E-state index in [-0.39, 0.29) is 5.82 Å². The van der Waals surface area contributed by atoms with Crippen molar-refractivity contribution >= 4 is 34.8 Å². The van der Waals surface area contributed by atoms with E-state index in [1.165, 1.54) is 6.07 Å². The average molecular weight is 504 g/mol. The molecule has 3 N–H and O–H groups in total. The molecule has 34 heavy (non-hydrogen) atoms. The number of nitrogens with two attached hydrogens (primary N) is 1. The van der Waals surface area contributed by atoms with Gasteiger partial charge in [-0.25, -0.2) is 4.39 Å². The second-order valence-corrected chi connectivity index (χ2v) is 8.98. The van der Waals surface area contributed by atoms with Crippen LogP contribution in [0.5, 0.6) is 0 Å². The van der Waals surface area contributed by atoms with Crippen molar-refractivity contribution in [2.24, 2.45) is 5.73 Å². The Morgan fingerprint density at radius 1 is 1.03 bits per heavy atom. The van der Waals surface area contributed by atoms with Gasteiger partial charge in [-0.05, 0) is 54.4 Å². The first-order chi connectivity index (χ1) is 16.2. The third kappa shape index (κ3) is 7.18. The second-order valence-electron chi connectivity index (χ2n) is 8.14. The Kier molecular flexibility index (Phi) is 9.30. The lowest BCUT2D eigenvalue weighted by molar-refractivity contribution is 0.1000. The summed E-state index contributed by atoms with van der Waals surface area (Å²) in [6.07, 6.45) is -0.731. The van der Waals surface area contributed by atoms with Gasteiger partial charge in [-0.2, -0.15) is 0 Å². The SMILES string of the molecule is Cc1ccc(C(O)CN2CCN(c3ccc(C(N)=O)cc3Cl)CC2)cc1F.Clc1ccccc1. The highest BCUT2D eigenvalue weighted by atomic mass is 35.5. The number of nitrogens with zero attached hydrogens (tertiary/aromatic N) is 2. The summed E-state index contributed by atoms with van der Waals surface area (Å²) in [4.78, 5) is 15.5. The van der Waals surface area contributed by atoms with Crippen LogP contribution in [0.2, 0.25) is 10.0 Å². The fourth-order valence-corrected chi connectivity index (χ4v) is 4.11. The van der Waals surface area contributed by atoms with Gasteiger partial charge in [-0.3, -0.25) is 9.69 Å². The predicted molar refractivity (Wildman–Crippen MR) is 136 cm³/mol. The summed E-state index contributed by atoms with van der Waals surface area (Å²) < 4.78 is 13.7. The number of β-amino-alcohol motifs (C(OH)–C–C–N with tert-alkyl or cyclic N) is 1. The minimum Gasteiger partial charge on any atom is -0.387 e. The van der Waals surface area contributed by atoms with Crippen LogP contribution < -0.4 is 10.6 Å². The van der Waals surface area contributed by atoms with Gasteiger partial charge in [0.05, 0.1) is 16.8 Å². The summed E-state index contributed by atoms with van der Waals surface area (Å²) in [6, 6.07) is 19.4. The zero-order valence-electron chi connectivity index (χ0n) is 18.9. The number of halogens is 3. The Morgan fingerprint density at radius 3 is 2.24 bits per heavy atom. The summed E-state index contributed by atoms with van der Waals surface area (Å²) in [5.41, 5.74) is 7.68. The van der Waals surface area contributed by atoms with Crippen molar-refractivity contribution in [1.29, 1.82) is 0 Å². The maximum Gasteiger partial charge on any atom is 0.248 e. The molecule has 3 aromatic rings. The van der Waals surface area contributed by atoms with Crippen LogP contribution in [-0.2, 0) is 0 Å². The van der Waals surface area contributed by atoms with Crippen LogP contribution in [0.15, 0.2) is 66.7 Å². The van der Waals surface area contributed by atoms with Crippen LogP contribution >= 0.6 is 23.2 Å². The van der Waals surface area contributed by atoms with Gasteiger partial charge in [0.1, 0.15) is 5.82 Å². The molecule has 0 aliphatic carbocycles. The van der Waals surface area contributed by atoms with Crippen LogP contribution in [0, 0.1) is 12.7 Å². The molecule has 3 aromatic carbocycles. The number of aryl methyl sites for hydroxylation is 1. The first-order valence-electron chi connectivity index (χ1n) is 11.0. The van der Waals surface area contributed by atoms with Gasteiger partial charge >= 0.3 is 0 Å². The molecule has 0 saturated carbocycles. The van der Waals surface area contributed by atoms with Crippen molar-refractivity contribution < 1.29 is 14.3 Å². The number of aliphatic hydroxyl groups excluding tert-OH is 1. The van der Waals surface area contributed by atoms with Crippen LogP contribution in [0.3, 0.4) is 0 Å². The molecule has 5 nitrogen and oxygen atoms in total. The van der Waals surface area contributed by atoms with Crippen molar-refractivity contribution in [2.75, 3.05) is 37.6 Å². The molecule has 8 heteroatoms. The van der Waals surface area contributed by atoms with E-state index in [0.29, 0.717) is 28.3 Å². The van der Waals surface area contributed by atoms with E-state index in [1.807, 2.05) is 36.4 Å². The molecule has 1 unspecified atom stereocenters. The molecule has 0 radical (unpaired) electrons. The molecule has 180 valence electrons. The Labute approximate surface area is 209 Å². The number of anilines is 1. The van der Waals surface area contributed by atoms with E-state index in [2.05, 4.69) is 9.80 Å². The van der Waals surface area contributed by atoms with Crippen LogP contribution in [0.25, 0.3) is 0 Å². The predicted octanol–water partition coefficient (Wildman–Crippen LogP) is 5.08. The minimum atomic E-state index is -0.731. The number of aliphatic hydroxyl groups is 1. The monoisotopic (exact) mass is 503 g/mol. The number of benzene rings is 3. The molecule has 0 bridgehead atoms. The van der Waals surface area contributed by atoms with Gasteiger partial charge in [0, 0.05) is 43.3 Å². The standard InChI is InChI=1S/C20H23ClFN3O2.C6H5Cl/c1-13-2-3-14(11-17(13)22)19(26)12-24-6-8-25(9-7-24)18-5-4-15(20(23)27)10-16(18)21;7-6-4-2-1-3-5-6/h2-5,10-11,19,26H,6-9,12H2,1H3,(H2,23,27);1-5H. The number of carbonyl (C=O) groups excluding carboxylic acids is 1. The third-order valence-corrected chi connectivity index (χ3v) is 6.24. The summed E-state index contributed by atoms with van der Waals surface area (Å²) in [5.74, 6) is -0.805. The van der Waals surface area contributed by atoms with Crippen LogP contribution in [-0.4, -0.2) is 48.6 Å². The lowest BCUT2D eigenvalue weighted by atomic mass is 10.1. The quantitative estimate of drug-likeness (QED) is 0.509. The normalized spacial score (nSPS) is 14.8. The number of hydrogen-bond donors (Lipinski definition) is 2. The average Bonchev–Trinajstić information content (AvgIpc) is 2.82. The molecular weight excluding hydrogens is 476 g/mol. The molecule has 1 aliphatic heterocycles. The van der Waals surface area contributed by atoms with E-state index in [4.69, 9.17) is 28.9 Å². The van der Waals surface area contributed by atoms with Gasteiger partial charge in [0.2, 0.25) is 5.91 Å². The lowest BCUT2D eigenvalue weighted by Crippen LogP contribution is -2.47. The highest BCUT2D eigenvalue weighted by Gasteiger charge is 2.22. The molecule has 4 rings (SSSR count).